The molecule has 0 aromatic heterocycles. The van der Waals surface area contributed by atoms with E-state index in [9.17, 15) is 29.7 Å². The van der Waals surface area contributed by atoms with Crippen molar-refractivity contribution in [1.82, 2.24) is 0 Å². The van der Waals surface area contributed by atoms with Gasteiger partial charge in [-0.25, -0.2) is 0 Å². The Morgan fingerprint density at radius 2 is 2.00 bits per heavy atom. The summed E-state index contributed by atoms with van der Waals surface area (Å²) in [4.78, 5) is 37.2. The lowest BCUT2D eigenvalue weighted by Crippen LogP contribution is -2.75. The first-order chi connectivity index (χ1) is 11.7. The van der Waals surface area contributed by atoms with Gasteiger partial charge in [-0.05, 0) is 13.0 Å². The van der Waals surface area contributed by atoms with Crippen molar-refractivity contribution in [2.24, 2.45) is 0 Å². The van der Waals surface area contributed by atoms with Crippen LogP contribution in [0.3, 0.4) is 0 Å². The fraction of sp³-hybridized carbons (Fsp3) is 0.471. The molecule has 1 fully saturated rings. The number of carbonyl (C=O) groups is 3. The summed E-state index contributed by atoms with van der Waals surface area (Å²) in [5.41, 5.74) is -5.56. The number of ketones is 2. The van der Waals surface area contributed by atoms with Crippen LogP contribution in [0.5, 0.6) is 5.75 Å². The fourth-order valence-electron chi connectivity index (χ4n) is 3.66. The van der Waals surface area contributed by atoms with Gasteiger partial charge in [-0.15, -0.1) is 0 Å². The van der Waals surface area contributed by atoms with Gasteiger partial charge in [-0.2, -0.15) is 0 Å². The monoisotopic (exact) mass is 350 g/mol. The molecule has 1 heterocycles. The summed E-state index contributed by atoms with van der Waals surface area (Å²) >= 11 is 0. The zero-order valence-electron chi connectivity index (χ0n) is 13.7. The number of fused-ring (bicyclic) bond motifs is 2. The molecule has 1 aromatic carbocycles. The van der Waals surface area contributed by atoms with Crippen molar-refractivity contribution in [3.8, 4) is 5.75 Å². The number of ether oxygens (including phenoxy) is 2. The van der Waals surface area contributed by atoms with E-state index in [4.69, 9.17) is 4.74 Å². The van der Waals surface area contributed by atoms with Crippen LogP contribution in [-0.4, -0.2) is 63.4 Å². The molecule has 3 N–H and O–H groups in total. The van der Waals surface area contributed by atoms with Gasteiger partial charge in [0.2, 0.25) is 11.6 Å². The Bertz CT molecular complexity index is 772. The molecular weight excluding hydrogens is 332 g/mol. The topological polar surface area (TPSA) is 130 Å². The van der Waals surface area contributed by atoms with Crippen LogP contribution in [0.25, 0.3) is 0 Å². The Balaban J connectivity index is 2.12. The summed E-state index contributed by atoms with van der Waals surface area (Å²) < 4.78 is 10.1. The molecule has 1 aromatic rings. The molecule has 0 amide bonds. The molecular formula is C17H18O8. The molecule has 0 bridgehead atoms. The van der Waals surface area contributed by atoms with Gasteiger partial charge in [0.15, 0.2) is 11.2 Å². The SMILES string of the molecule is COC(=O)C[C@@H]1C[C@]2(O)C(=O)c3c(O)cccc3C(=O)[C@]2(O)[C@H](C)O1. The van der Waals surface area contributed by atoms with Crippen LogP contribution in [0.15, 0.2) is 18.2 Å². The summed E-state index contributed by atoms with van der Waals surface area (Å²) in [5.74, 6) is -2.98. The number of phenols is 1. The minimum atomic E-state index is -2.52. The Kier molecular flexibility index (Phi) is 3.94. The first-order valence-electron chi connectivity index (χ1n) is 7.75. The molecule has 0 unspecified atom stereocenters. The van der Waals surface area contributed by atoms with E-state index in [0.717, 1.165) is 0 Å². The highest BCUT2D eigenvalue weighted by Gasteiger charge is 2.69. The van der Waals surface area contributed by atoms with E-state index in [-0.39, 0.29) is 17.5 Å². The summed E-state index contributed by atoms with van der Waals surface area (Å²) in [6.45, 7) is 1.34. The van der Waals surface area contributed by atoms with Crippen molar-refractivity contribution in [2.45, 2.75) is 43.2 Å². The summed E-state index contributed by atoms with van der Waals surface area (Å²) in [5, 5.41) is 32.0. The zero-order chi connectivity index (χ0) is 18.6. The minimum Gasteiger partial charge on any atom is -0.507 e. The third kappa shape index (κ3) is 2.21. The molecule has 0 spiro atoms. The number of aromatic hydroxyl groups is 1. The largest absolute Gasteiger partial charge is 0.507 e. The van der Waals surface area contributed by atoms with Gasteiger partial charge in [0, 0.05) is 12.0 Å². The van der Waals surface area contributed by atoms with Gasteiger partial charge in [-0.1, -0.05) is 12.1 Å². The average molecular weight is 350 g/mol. The summed E-state index contributed by atoms with van der Waals surface area (Å²) in [6, 6.07) is 3.87. The van der Waals surface area contributed by atoms with Crippen molar-refractivity contribution in [3.63, 3.8) is 0 Å². The smallest absolute Gasteiger partial charge is 0.308 e. The van der Waals surface area contributed by atoms with Gasteiger partial charge in [0.1, 0.15) is 5.75 Å². The van der Waals surface area contributed by atoms with Crippen LogP contribution >= 0.6 is 0 Å². The van der Waals surface area contributed by atoms with Gasteiger partial charge in [0.05, 0.1) is 31.3 Å². The molecule has 134 valence electrons. The standard InChI is InChI=1S/C17H18O8/c1-8-17(23)14(20)10-4-3-5-11(18)13(10)15(21)16(17,22)7-9(25-8)6-12(19)24-2/h3-5,8-9,18,22-23H,6-7H2,1-2H3/t8-,9+,16-,17+/m0/s1. The minimum absolute atomic E-state index is 0.181. The highest BCUT2D eigenvalue weighted by molar-refractivity contribution is 6.23. The van der Waals surface area contributed by atoms with Gasteiger partial charge in [-0.3, -0.25) is 14.4 Å². The van der Waals surface area contributed by atoms with Crippen molar-refractivity contribution in [2.75, 3.05) is 7.11 Å². The van der Waals surface area contributed by atoms with Crippen molar-refractivity contribution in [3.05, 3.63) is 29.3 Å². The number of Topliss-reactive ketones (excluding diaryl/α,β-unsaturated/α-hetero) is 2. The second kappa shape index (κ2) is 5.62. The zero-order valence-corrected chi connectivity index (χ0v) is 13.7. The van der Waals surface area contributed by atoms with E-state index in [0.29, 0.717) is 0 Å². The maximum atomic E-state index is 12.9. The number of hydrogen-bond donors (Lipinski definition) is 3. The van der Waals surface area contributed by atoms with Crippen LogP contribution in [0.4, 0.5) is 0 Å². The number of carbonyl (C=O) groups excluding carboxylic acids is 3. The average Bonchev–Trinajstić information content (AvgIpc) is 2.56. The molecule has 2 aliphatic rings. The lowest BCUT2D eigenvalue weighted by Gasteiger charge is -2.52. The maximum absolute atomic E-state index is 12.9. The van der Waals surface area contributed by atoms with Gasteiger partial charge < -0.3 is 24.8 Å². The second-order valence-corrected chi connectivity index (χ2v) is 6.37. The third-order valence-electron chi connectivity index (χ3n) is 5.00. The Hall–Kier alpha value is -2.29. The molecule has 8 heteroatoms. The van der Waals surface area contributed by atoms with E-state index >= 15 is 0 Å². The van der Waals surface area contributed by atoms with Crippen LogP contribution in [0.1, 0.15) is 40.5 Å². The van der Waals surface area contributed by atoms with E-state index in [1.807, 2.05) is 0 Å². The van der Waals surface area contributed by atoms with E-state index in [2.05, 4.69) is 4.74 Å². The highest BCUT2D eigenvalue weighted by atomic mass is 16.5. The molecule has 0 radical (unpaired) electrons. The first kappa shape index (κ1) is 17.5. The van der Waals surface area contributed by atoms with Gasteiger partial charge in [0.25, 0.3) is 0 Å². The normalized spacial score (nSPS) is 34.2. The van der Waals surface area contributed by atoms with Crippen molar-refractivity contribution >= 4 is 17.5 Å². The predicted octanol–water partition coefficient (Wildman–Crippen LogP) is -0.0261. The van der Waals surface area contributed by atoms with Gasteiger partial charge >= 0.3 is 5.97 Å². The first-order valence-corrected chi connectivity index (χ1v) is 7.75. The molecule has 1 saturated heterocycles. The quantitative estimate of drug-likeness (QED) is 0.634. The van der Waals surface area contributed by atoms with E-state index < -0.39 is 53.1 Å². The Morgan fingerprint density at radius 1 is 1.32 bits per heavy atom. The van der Waals surface area contributed by atoms with Crippen LogP contribution in [-0.2, 0) is 14.3 Å². The number of phenolic OH excluding ortho intramolecular Hbond substituents is 1. The molecule has 1 aliphatic heterocycles. The van der Waals surface area contributed by atoms with E-state index in [1.54, 1.807) is 0 Å². The van der Waals surface area contributed by atoms with Crippen LogP contribution < -0.4 is 0 Å². The van der Waals surface area contributed by atoms with Crippen LogP contribution in [0.2, 0.25) is 0 Å². The molecule has 0 saturated carbocycles. The van der Waals surface area contributed by atoms with Crippen molar-refractivity contribution in [1.29, 1.82) is 0 Å². The number of benzene rings is 1. The molecule has 4 atom stereocenters. The highest BCUT2D eigenvalue weighted by Crippen LogP contribution is 2.48. The van der Waals surface area contributed by atoms with Crippen LogP contribution in [0, 0.1) is 0 Å². The summed E-state index contributed by atoms with van der Waals surface area (Å²) in [6.07, 6.45) is -2.93. The van der Waals surface area contributed by atoms with E-state index in [1.165, 1.54) is 32.2 Å². The fourth-order valence-corrected chi connectivity index (χ4v) is 3.66. The number of rotatable bonds is 2. The lowest BCUT2D eigenvalue weighted by molar-refractivity contribution is -0.228. The molecule has 8 nitrogen and oxygen atoms in total. The predicted molar refractivity (Wildman–Crippen MR) is 82.3 cm³/mol. The Morgan fingerprint density at radius 3 is 2.64 bits per heavy atom. The maximum Gasteiger partial charge on any atom is 0.308 e. The Labute approximate surface area is 143 Å². The molecule has 1 aliphatic carbocycles. The second-order valence-electron chi connectivity index (χ2n) is 6.37. The number of aliphatic hydroxyl groups is 2. The molecule has 3 rings (SSSR count). The lowest BCUT2D eigenvalue weighted by atomic mass is 9.61. The number of methoxy groups -OCH3 is 1. The summed E-state index contributed by atoms with van der Waals surface area (Å²) in [7, 11) is 1.18. The number of hydrogen-bond acceptors (Lipinski definition) is 8. The third-order valence-corrected chi connectivity index (χ3v) is 5.00. The van der Waals surface area contributed by atoms with Crippen molar-refractivity contribution < 1.29 is 39.2 Å². The molecule has 25 heavy (non-hydrogen) atoms. The number of esters is 1.